The fourth-order valence-electron chi connectivity index (χ4n) is 2.29. The van der Waals surface area contributed by atoms with Gasteiger partial charge in [0.1, 0.15) is 11.3 Å². The Balaban J connectivity index is 3.02. The second-order valence-electron chi connectivity index (χ2n) is 4.82. The molecule has 0 atom stereocenters. The molecule has 0 saturated heterocycles. The number of hydrogen-bond acceptors (Lipinski definition) is 6. The topological polar surface area (TPSA) is 125 Å². The second-order valence-corrected chi connectivity index (χ2v) is 4.82. The lowest BCUT2D eigenvalue weighted by molar-refractivity contribution is -0.393. The van der Waals surface area contributed by atoms with Gasteiger partial charge in [-0.25, -0.2) is 0 Å². The molecule has 9 heteroatoms. The highest BCUT2D eigenvalue weighted by Crippen LogP contribution is 2.31. The van der Waals surface area contributed by atoms with Crippen molar-refractivity contribution < 1.29 is 14.6 Å². The molecule has 0 fully saturated rings. The third kappa shape index (κ3) is 2.55. The van der Waals surface area contributed by atoms with Gasteiger partial charge < -0.3 is 4.57 Å². The van der Waals surface area contributed by atoms with Crippen molar-refractivity contribution in [3.63, 3.8) is 0 Å². The van der Waals surface area contributed by atoms with E-state index in [-0.39, 0.29) is 28.7 Å². The van der Waals surface area contributed by atoms with Crippen molar-refractivity contribution >= 4 is 28.1 Å². The first-order valence-corrected chi connectivity index (χ1v) is 6.17. The number of carbonyl (C=O) groups excluding carboxylic acids is 1. The van der Waals surface area contributed by atoms with Gasteiger partial charge in [-0.15, -0.1) is 0 Å². The van der Waals surface area contributed by atoms with E-state index in [0.717, 1.165) is 22.8 Å². The first kappa shape index (κ1) is 15.3. The molecule has 0 aliphatic carbocycles. The van der Waals surface area contributed by atoms with Crippen molar-refractivity contribution in [3.8, 4) is 0 Å². The van der Waals surface area contributed by atoms with E-state index in [0.29, 0.717) is 0 Å². The van der Waals surface area contributed by atoms with Gasteiger partial charge >= 0.3 is 0 Å². The minimum Gasteiger partial charge on any atom is -0.305 e. The summed E-state index contributed by atoms with van der Waals surface area (Å²) < 4.78 is 1.04. The van der Waals surface area contributed by atoms with Gasteiger partial charge in [-0.2, -0.15) is 0 Å². The summed E-state index contributed by atoms with van der Waals surface area (Å²) in [7, 11) is 1.33. The molecule has 2 rings (SSSR count). The van der Waals surface area contributed by atoms with E-state index in [1.807, 2.05) is 0 Å². The lowest BCUT2D eigenvalue weighted by Gasteiger charge is -2.09. The maximum atomic E-state index is 11.9. The van der Waals surface area contributed by atoms with Crippen molar-refractivity contribution in [2.45, 2.75) is 13.3 Å². The van der Waals surface area contributed by atoms with Gasteiger partial charge in [-0.3, -0.25) is 29.8 Å². The van der Waals surface area contributed by atoms with Crippen molar-refractivity contribution in [2.24, 2.45) is 7.05 Å². The standard InChI is InChI=1S/C13H11N3O6/c1-7(17)3-8-4-12(18)14(2)13-10(8)5-9(15(19)20)6-11(13)16(21)22/h4-6H,3H2,1-2H3. The summed E-state index contributed by atoms with van der Waals surface area (Å²) in [5, 5.41) is 22.3. The van der Waals surface area contributed by atoms with E-state index in [1.165, 1.54) is 14.0 Å². The van der Waals surface area contributed by atoms with Gasteiger partial charge in [-0.05, 0) is 12.5 Å². The SMILES string of the molecule is CC(=O)Cc1cc(=O)n(C)c2c([N+](=O)[O-])cc([N+](=O)[O-])cc12. The lowest BCUT2D eigenvalue weighted by atomic mass is 10.0. The molecular weight excluding hydrogens is 294 g/mol. The Hall–Kier alpha value is -3.10. The summed E-state index contributed by atoms with van der Waals surface area (Å²) in [6.07, 6.45) is -0.134. The van der Waals surface area contributed by atoms with E-state index in [2.05, 4.69) is 0 Å². The first-order chi connectivity index (χ1) is 10.2. The third-order valence-corrected chi connectivity index (χ3v) is 3.23. The maximum Gasteiger partial charge on any atom is 0.300 e. The second kappa shape index (κ2) is 5.35. The molecule has 1 aromatic heterocycles. The van der Waals surface area contributed by atoms with Crippen LogP contribution in [-0.2, 0) is 18.3 Å². The minimum absolute atomic E-state index is 0.0423. The monoisotopic (exact) mass is 305 g/mol. The number of non-ortho nitro benzene ring substituents is 2. The number of nitro benzene ring substituents is 2. The van der Waals surface area contributed by atoms with Crippen LogP contribution in [0, 0.1) is 20.2 Å². The number of benzene rings is 1. The average molecular weight is 305 g/mol. The Morgan fingerprint density at radius 3 is 2.32 bits per heavy atom. The molecule has 22 heavy (non-hydrogen) atoms. The predicted octanol–water partition coefficient (Wildman–Crippen LogP) is 1.49. The van der Waals surface area contributed by atoms with Crippen LogP contribution in [-0.4, -0.2) is 20.2 Å². The van der Waals surface area contributed by atoms with Gasteiger partial charge in [-0.1, -0.05) is 0 Å². The van der Waals surface area contributed by atoms with Crippen molar-refractivity contribution in [2.75, 3.05) is 0 Å². The summed E-state index contributed by atoms with van der Waals surface area (Å²) in [4.78, 5) is 43.8. The van der Waals surface area contributed by atoms with Gasteiger partial charge in [0, 0.05) is 31.0 Å². The number of nitro groups is 2. The van der Waals surface area contributed by atoms with Crippen LogP contribution >= 0.6 is 0 Å². The lowest BCUT2D eigenvalue weighted by Crippen LogP contribution is -2.19. The normalized spacial score (nSPS) is 10.6. The largest absolute Gasteiger partial charge is 0.305 e. The molecule has 0 aliphatic heterocycles. The van der Waals surface area contributed by atoms with Crippen molar-refractivity contribution in [1.82, 2.24) is 4.57 Å². The molecule has 1 heterocycles. The highest BCUT2D eigenvalue weighted by molar-refractivity contribution is 5.94. The summed E-state index contributed by atoms with van der Waals surface area (Å²) in [6, 6.07) is 3.11. The molecule has 0 saturated carbocycles. The van der Waals surface area contributed by atoms with Crippen LogP contribution in [0.25, 0.3) is 10.9 Å². The quantitative estimate of drug-likeness (QED) is 0.622. The molecule has 0 N–H and O–H groups in total. The summed E-state index contributed by atoms with van der Waals surface area (Å²) >= 11 is 0. The Morgan fingerprint density at radius 1 is 1.18 bits per heavy atom. The van der Waals surface area contributed by atoms with E-state index in [4.69, 9.17) is 0 Å². The predicted molar refractivity (Wildman–Crippen MR) is 76.9 cm³/mol. The van der Waals surface area contributed by atoms with Crippen LogP contribution in [0.1, 0.15) is 12.5 Å². The Bertz CT molecular complexity index is 883. The number of aromatic nitrogens is 1. The number of Topliss-reactive ketones (excluding diaryl/α,β-unsaturated/α-hetero) is 1. The Labute approximate surface area is 123 Å². The summed E-state index contributed by atoms with van der Waals surface area (Å²) in [6.45, 7) is 1.30. The molecule has 9 nitrogen and oxygen atoms in total. The van der Waals surface area contributed by atoms with Crippen LogP contribution in [0.3, 0.4) is 0 Å². The molecule has 1 aromatic carbocycles. The number of ketones is 1. The summed E-state index contributed by atoms with van der Waals surface area (Å²) in [5.74, 6) is -0.260. The molecule has 0 radical (unpaired) electrons. The van der Waals surface area contributed by atoms with Crippen LogP contribution in [0.5, 0.6) is 0 Å². The number of fused-ring (bicyclic) bond motifs is 1. The van der Waals surface area contributed by atoms with E-state index >= 15 is 0 Å². The Kier molecular flexibility index (Phi) is 3.72. The number of carbonyl (C=O) groups is 1. The average Bonchev–Trinajstić information content (AvgIpc) is 2.42. The number of hydrogen-bond donors (Lipinski definition) is 0. The molecule has 114 valence electrons. The third-order valence-electron chi connectivity index (χ3n) is 3.23. The maximum absolute atomic E-state index is 11.9. The van der Waals surface area contributed by atoms with E-state index in [9.17, 15) is 29.8 Å². The highest BCUT2D eigenvalue weighted by Gasteiger charge is 2.23. The Morgan fingerprint density at radius 2 is 1.82 bits per heavy atom. The van der Waals surface area contributed by atoms with E-state index < -0.39 is 26.8 Å². The fourth-order valence-corrected chi connectivity index (χ4v) is 2.29. The molecule has 0 unspecified atom stereocenters. The first-order valence-electron chi connectivity index (χ1n) is 6.17. The smallest absolute Gasteiger partial charge is 0.300 e. The zero-order chi connectivity index (χ0) is 16.6. The molecule has 2 aromatic rings. The number of pyridine rings is 1. The molecule has 0 spiro atoms. The number of nitrogens with zero attached hydrogens (tertiary/aromatic N) is 3. The van der Waals surface area contributed by atoms with Crippen LogP contribution in [0.2, 0.25) is 0 Å². The van der Waals surface area contributed by atoms with Gasteiger partial charge in [0.05, 0.1) is 15.9 Å². The number of rotatable bonds is 4. The minimum atomic E-state index is -0.785. The van der Waals surface area contributed by atoms with Crippen LogP contribution in [0.4, 0.5) is 11.4 Å². The number of aryl methyl sites for hydroxylation is 1. The van der Waals surface area contributed by atoms with E-state index in [1.54, 1.807) is 0 Å². The van der Waals surface area contributed by atoms with Crippen LogP contribution < -0.4 is 5.56 Å². The molecule has 0 aliphatic rings. The molecule has 0 bridgehead atoms. The highest BCUT2D eigenvalue weighted by atomic mass is 16.6. The van der Waals surface area contributed by atoms with Gasteiger partial charge in [0.2, 0.25) is 0 Å². The van der Waals surface area contributed by atoms with Gasteiger partial charge in [0.25, 0.3) is 16.9 Å². The summed E-state index contributed by atoms with van der Waals surface area (Å²) in [5.41, 5.74) is -1.35. The van der Waals surface area contributed by atoms with Gasteiger partial charge in [0.15, 0.2) is 0 Å². The zero-order valence-corrected chi connectivity index (χ0v) is 11.7. The molecular formula is C13H11N3O6. The van der Waals surface area contributed by atoms with Crippen molar-refractivity contribution in [1.29, 1.82) is 0 Å². The molecule has 0 amide bonds. The van der Waals surface area contributed by atoms with Crippen molar-refractivity contribution in [3.05, 3.63) is 54.3 Å². The van der Waals surface area contributed by atoms with Crippen LogP contribution in [0.15, 0.2) is 23.0 Å². The fraction of sp³-hybridized carbons (Fsp3) is 0.231. The zero-order valence-electron chi connectivity index (χ0n) is 11.7.